The van der Waals surface area contributed by atoms with Gasteiger partial charge in [0, 0.05) is 7.11 Å². The monoisotopic (exact) mass is 196 g/mol. The number of methoxy groups -OCH3 is 1. The Kier molecular flexibility index (Phi) is 3.81. The van der Waals surface area contributed by atoms with Crippen LogP contribution in [0.15, 0.2) is 12.7 Å². The molecule has 0 aliphatic carbocycles. The second-order valence-corrected chi connectivity index (χ2v) is 2.55. The predicted octanol–water partition coefficient (Wildman–Crippen LogP) is -0.247. The van der Waals surface area contributed by atoms with Crippen molar-refractivity contribution in [2.45, 2.75) is 13.2 Å². The fourth-order valence-corrected chi connectivity index (χ4v) is 0.851. The summed E-state index contributed by atoms with van der Waals surface area (Å²) in [5.74, 6) is 0.914. The Morgan fingerprint density at radius 2 is 2.57 bits per heavy atom. The van der Waals surface area contributed by atoms with Gasteiger partial charge in [-0.3, -0.25) is 9.89 Å². The Labute approximate surface area is 81.4 Å². The number of aromatic amines is 1. The number of carbonyl (C=O) groups excluding carboxylic acids is 1. The van der Waals surface area contributed by atoms with E-state index in [2.05, 4.69) is 27.1 Å². The molecule has 0 radical (unpaired) electrons. The molecule has 0 saturated carbocycles. The lowest BCUT2D eigenvalue weighted by atomic mass is 10.5. The molecule has 76 valence electrons. The fraction of sp³-hybridized carbons (Fsp3) is 0.375. The smallest absolute Gasteiger partial charge is 0.243 e. The Balaban J connectivity index is 2.43. The molecule has 0 spiro atoms. The number of rotatable bonds is 5. The summed E-state index contributed by atoms with van der Waals surface area (Å²) in [6.07, 6.45) is 1.20. The van der Waals surface area contributed by atoms with Gasteiger partial charge in [-0.15, -0.1) is 0 Å². The molecule has 1 aromatic rings. The van der Waals surface area contributed by atoms with Crippen molar-refractivity contribution < 1.29 is 9.53 Å². The molecule has 1 aromatic heterocycles. The van der Waals surface area contributed by atoms with Gasteiger partial charge in [0.25, 0.3) is 0 Å². The molecule has 0 aromatic carbocycles. The Bertz CT molecular complexity index is 321. The average Bonchev–Trinajstić information content (AvgIpc) is 2.63. The first-order chi connectivity index (χ1) is 6.76. The van der Waals surface area contributed by atoms with Crippen LogP contribution in [-0.2, 0) is 22.7 Å². The van der Waals surface area contributed by atoms with Crippen molar-refractivity contribution in [2.75, 3.05) is 7.11 Å². The summed E-state index contributed by atoms with van der Waals surface area (Å²) in [7, 11) is 1.57. The third-order valence-corrected chi connectivity index (χ3v) is 1.47. The maximum absolute atomic E-state index is 10.8. The number of nitrogens with one attached hydrogen (secondary N) is 2. The fourth-order valence-electron chi connectivity index (χ4n) is 0.851. The molecular weight excluding hydrogens is 184 g/mol. The van der Waals surface area contributed by atoms with Crippen molar-refractivity contribution in [1.29, 1.82) is 0 Å². The molecule has 2 N–H and O–H groups in total. The summed E-state index contributed by atoms with van der Waals surface area (Å²) in [6.45, 7) is 3.99. The van der Waals surface area contributed by atoms with Crippen LogP contribution in [0.1, 0.15) is 11.6 Å². The molecule has 6 heteroatoms. The van der Waals surface area contributed by atoms with E-state index in [1.54, 1.807) is 7.11 Å². The van der Waals surface area contributed by atoms with Crippen molar-refractivity contribution in [3.8, 4) is 0 Å². The molecule has 1 amide bonds. The Morgan fingerprint density at radius 1 is 1.79 bits per heavy atom. The van der Waals surface area contributed by atoms with Crippen LogP contribution in [0.25, 0.3) is 0 Å². The molecule has 6 nitrogen and oxygen atoms in total. The zero-order valence-electron chi connectivity index (χ0n) is 7.91. The molecular formula is C8H12N4O2. The highest BCUT2D eigenvalue weighted by molar-refractivity contribution is 5.86. The van der Waals surface area contributed by atoms with E-state index in [4.69, 9.17) is 4.74 Å². The van der Waals surface area contributed by atoms with Gasteiger partial charge in [-0.2, -0.15) is 5.10 Å². The number of H-pyrrole nitrogens is 1. The van der Waals surface area contributed by atoms with Crippen molar-refractivity contribution in [2.24, 2.45) is 0 Å². The molecule has 0 saturated heterocycles. The van der Waals surface area contributed by atoms with Gasteiger partial charge in [-0.05, 0) is 6.08 Å². The van der Waals surface area contributed by atoms with E-state index in [1.807, 2.05) is 0 Å². The van der Waals surface area contributed by atoms with E-state index in [1.165, 1.54) is 6.08 Å². The molecule has 0 atom stereocenters. The lowest BCUT2D eigenvalue weighted by Crippen LogP contribution is -2.20. The van der Waals surface area contributed by atoms with E-state index in [9.17, 15) is 4.79 Å². The van der Waals surface area contributed by atoms with Crippen LogP contribution in [0.2, 0.25) is 0 Å². The SMILES string of the molecule is C=CC(=O)NCc1nc(COC)n[nH]1. The molecule has 0 aliphatic heterocycles. The van der Waals surface area contributed by atoms with Gasteiger partial charge in [-0.1, -0.05) is 6.58 Å². The summed E-state index contributed by atoms with van der Waals surface area (Å²) >= 11 is 0. The highest BCUT2D eigenvalue weighted by atomic mass is 16.5. The normalized spacial score (nSPS) is 9.79. The largest absolute Gasteiger partial charge is 0.377 e. The van der Waals surface area contributed by atoms with Crippen LogP contribution < -0.4 is 5.32 Å². The number of amides is 1. The first-order valence-corrected chi connectivity index (χ1v) is 4.05. The third-order valence-electron chi connectivity index (χ3n) is 1.47. The summed E-state index contributed by atoms with van der Waals surface area (Å²) in [4.78, 5) is 14.9. The van der Waals surface area contributed by atoms with E-state index < -0.39 is 0 Å². The lowest BCUT2D eigenvalue weighted by molar-refractivity contribution is -0.116. The molecule has 1 heterocycles. The highest BCUT2D eigenvalue weighted by Gasteiger charge is 2.02. The first-order valence-electron chi connectivity index (χ1n) is 4.05. The summed E-state index contributed by atoms with van der Waals surface area (Å²) in [5, 5.41) is 9.12. The maximum atomic E-state index is 10.8. The average molecular weight is 196 g/mol. The topological polar surface area (TPSA) is 79.9 Å². The van der Waals surface area contributed by atoms with Crippen LogP contribution in [0.3, 0.4) is 0 Å². The van der Waals surface area contributed by atoms with Gasteiger partial charge in [0.2, 0.25) is 5.91 Å². The van der Waals surface area contributed by atoms with Crippen molar-refractivity contribution in [3.63, 3.8) is 0 Å². The third kappa shape index (κ3) is 2.98. The van der Waals surface area contributed by atoms with E-state index in [0.717, 1.165) is 0 Å². The zero-order valence-corrected chi connectivity index (χ0v) is 7.91. The minimum atomic E-state index is -0.241. The van der Waals surface area contributed by atoms with E-state index >= 15 is 0 Å². The summed E-state index contributed by atoms with van der Waals surface area (Å²) < 4.78 is 4.84. The number of aromatic nitrogens is 3. The number of ether oxygens (including phenoxy) is 1. The van der Waals surface area contributed by atoms with Crippen LogP contribution in [0.4, 0.5) is 0 Å². The van der Waals surface area contributed by atoms with Crippen LogP contribution in [-0.4, -0.2) is 28.2 Å². The van der Waals surface area contributed by atoms with Crippen molar-refractivity contribution in [1.82, 2.24) is 20.5 Å². The maximum Gasteiger partial charge on any atom is 0.243 e. The standard InChI is InChI=1S/C8H12N4O2/c1-3-8(13)9-4-6-10-7(5-14-2)12-11-6/h3H,1,4-5H2,2H3,(H,9,13)(H,10,11,12). The second-order valence-electron chi connectivity index (χ2n) is 2.55. The molecule has 0 bridgehead atoms. The molecule has 0 unspecified atom stereocenters. The Morgan fingerprint density at radius 3 is 3.21 bits per heavy atom. The van der Waals surface area contributed by atoms with Crippen LogP contribution in [0, 0.1) is 0 Å². The first kappa shape index (κ1) is 10.4. The van der Waals surface area contributed by atoms with E-state index in [0.29, 0.717) is 24.8 Å². The predicted molar refractivity (Wildman–Crippen MR) is 49.1 cm³/mol. The van der Waals surface area contributed by atoms with E-state index in [-0.39, 0.29) is 5.91 Å². The number of hydrogen-bond donors (Lipinski definition) is 2. The Hall–Kier alpha value is -1.69. The summed E-state index contributed by atoms with van der Waals surface area (Å²) in [6, 6.07) is 0. The number of carbonyl (C=O) groups is 1. The van der Waals surface area contributed by atoms with Gasteiger partial charge in [0.05, 0.1) is 6.54 Å². The van der Waals surface area contributed by atoms with Crippen LogP contribution >= 0.6 is 0 Å². The van der Waals surface area contributed by atoms with Gasteiger partial charge < -0.3 is 10.1 Å². The van der Waals surface area contributed by atoms with Gasteiger partial charge in [0.1, 0.15) is 12.4 Å². The van der Waals surface area contributed by atoms with Crippen molar-refractivity contribution in [3.05, 3.63) is 24.3 Å². The number of hydrogen-bond acceptors (Lipinski definition) is 4. The molecule has 14 heavy (non-hydrogen) atoms. The van der Waals surface area contributed by atoms with Crippen LogP contribution in [0.5, 0.6) is 0 Å². The lowest BCUT2D eigenvalue weighted by Gasteiger charge is -1.96. The quantitative estimate of drug-likeness (QED) is 0.636. The molecule has 1 rings (SSSR count). The van der Waals surface area contributed by atoms with Gasteiger partial charge in [-0.25, -0.2) is 4.98 Å². The zero-order chi connectivity index (χ0) is 10.4. The molecule has 0 aliphatic rings. The van der Waals surface area contributed by atoms with Gasteiger partial charge in [0.15, 0.2) is 5.82 Å². The minimum absolute atomic E-state index is 0.241. The minimum Gasteiger partial charge on any atom is -0.377 e. The summed E-state index contributed by atoms with van der Waals surface area (Å²) in [5.41, 5.74) is 0. The van der Waals surface area contributed by atoms with Gasteiger partial charge >= 0.3 is 0 Å². The van der Waals surface area contributed by atoms with Crippen molar-refractivity contribution >= 4 is 5.91 Å². The number of nitrogens with zero attached hydrogens (tertiary/aromatic N) is 2. The molecule has 0 fully saturated rings. The highest BCUT2D eigenvalue weighted by Crippen LogP contribution is 1.93. The second kappa shape index (κ2) is 5.13.